The van der Waals surface area contributed by atoms with E-state index in [4.69, 9.17) is 4.74 Å². The lowest BCUT2D eigenvalue weighted by Gasteiger charge is -2.34. The van der Waals surface area contributed by atoms with Crippen molar-refractivity contribution < 1.29 is 13.9 Å². The Morgan fingerprint density at radius 1 is 1.25 bits per heavy atom. The first kappa shape index (κ1) is 14.9. The molecular weight excluding hydrogens is 259 g/mol. The summed E-state index contributed by atoms with van der Waals surface area (Å²) in [6.45, 7) is 4.48. The van der Waals surface area contributed by atoms with Crippen LogP contribution in [0.5, 0.6) is 0 Å². The van der Waals surface area contributed by atoms with Crippen molar-refractivity contribution in [2.45, 2.75) is 5.92 Å². The van der Waals surface area contributed by atoms with Crippen LogP contribution in [0.2, 0.25) is 0 Å². The van der Waals surface area contributed by atoms with Crippen molar-refractivity contribution in [2.75, 3.05) is 46.9 Å². The number of carbonyl (C=O) groups excluding carboxylic acids is 1. The number of esters is 1. The molecular formula is C15H21FN2O2. The molecule has 0 N–H and O–H groups in total. The van der Waals surface area contributed by atoms with Gasteiger partial charge in [0.25, 0.3) is 0 Å². The van der Waals surface area contributed by atoms with E-state index in [2.05, 4.69) is 16.8 Å². The molecule has 1 saturated heterocycles. The molecule has 1 aromatic carbocycles. The second-order valence-corrected chi connectivity index (χ2v) is 5.23. The average molecular weight is 280 g/mol. The van der Waals surface area contributed by atoms with E-state index in [1.54, 1.807) is 12.1 Å². The van der Waals surface area contributed by atoms with Crippen LogP contribution in [0.4, 0.5) is 4.39 Å². The first-order valence-electron chi connectivity index (χ1n) is 6.84. The third-order valence-corrected chi connectivity index (χ3v) is 3.79. The smallest absolute Gasteiger partial charge is 0.314 e. The fraction of sp³-hybridized carbons (Fsp3) is 0.533. The molecule has 1 heterocycles. The van der Waals surface area contributed by atoms with Crippen LogP contribution in [0.1, 0.15) is 11.5 Å². The highest BCUT2D eigenvalue weighted by molar-refractivity contribution is 5.78. The summed E-state index contributed by atoms with van der Waals surface area (Å²) in [6, 6.07) is 6.09. The number of hydrogen-bond acceptors (Lipinski definition) is 4. The zero-order valence-corrected chi connectivity index (χ0v) is 12.0. The van der Waals surface area contributed by atoms with Gasteiger partial charge in [-0.3, -0.25) is 9.69 Å². The lowest BCUT2D eigenvalue weighted by molar-refractivity contribution is -0.143. The molecule has 1 fully saturated rings. The van der Waals surface area contributed by atoms with Crippen LogP contribution in [0, 0.1) is 5.82 Å². The van der Waals surface area contributed by atoms with Crippen molar-refractivity contribution in [3.8, 4) is 0 Å². The SMILES string of the molecule is COC(=O)C(CN1CCN(C)CC1)c1ccc(F)cc1. The van der Waals surface area contributed by atoms with Crippen molar-refractivity contribution >= 4 is 5.97 Å². The van der Waals surface area contributed by atoms with Crippen LogP contribution in [0.3, 0.4) is 0 Å². The van der Waals surface area contributed by atoms with E-state index in [1.807, 2.05) is 0 Å². The highest BCUT2D eigenvalue weighted by Crippen LogP contribution is 2.20. The number of piperazine rings is 1. The zero-order chi connectivity index (χ0) is 14.5. The predicted molar refractivity (Wildman–Crippen MR) is 75.1 cm³/mol. The van der Waals surface area contributed by atoms with Gasteiger partial charge in [0.1, 0.15) is 5.82 Å². The van der Waals surface area contributed by atoms with Crippen molar-refractivity contribution in [1.82, 2.24) is 9.80 Å². The Morgan fingerprint density at radius 3 is 2.40 bits per heavy atom. The summed E-state index contributed by atoms with van der Waals surface area (Å²) >= 11 is 0. The molecule has 1 unspecified atom stereocenters. The molecule has 2 rings (SSSR count). The first-order chi connectivity index (χ1) is 9.60. The van der Waals surface area contributed by atoms with Crippen LogP contribution < -0.4 is 0 Å². The van der Waals surface area contributed by atoms with E-state index < -0.39 is 0 Å². The van der Waals surface area contributed by atoms with Gasteiger partial charge >= 0.3 is 5.97 Å². The van der Waals surface area contributed by atoms with Gasteiger partial charge < -0.3 is 9.64 Å². The second-order valence-electron chi connectivity index (χ2n) is 5.23. The van der Waals surface area contributed by atoms with E-state index in [1.165, 1.54) is 19.2 Å². The minimum atomic E-state index is -0.357. The van der Waals surface area contributed by atoms with Gasteiger partial charge in [-0.15, -0.1) is 0 Å². The Labute approximate surface area is 119 Å². The third-order valence-electron chi connectivity index (χ3n) is 3.79. The van der Waals surface area contributed by atoms with E-state index in [0.717, 1.165) is 31.7 Å². The monoisotopic (exact) mass is 280 g/mol. The molecule has 110 valence electrons. The quantitative estimate of drug-likeness (QED) is 0.779. The first-order valence-corrected chi connectivity index (χ1v) is 6.84. The zero-order valence-electron chi connectivity index (χ0n) is 12.0. The number of halogens is 1. The maximum atomic E-state index is 13.0. The third kappa shape index (κ3) is 3.77. The summed E-state index contributed by atoms with van der Waals surface area (Å²) < 4.78 is 17.9. The number of methoxy groups -OCH3 is 1. The molecule has 4 nitrogen and oxygen atoms in total. The van der Waals surface area contributed by atoms with Crippen LogP contribution in [0.15, 0.2) is 24.3 Å². The summed E-state index contributed by atoms with van der Waals surface area (Å²) in [5.74, 6) is -0.920. The van der Waals surface area contributed by atoms with Gasteiger partial charge in [0.15, 0.2) is 0 Å². The Balaban J connectivity index is 2.08. The number of benzene rings is 1. The lowest BCUT2D eigenvalue weighted by atomic mass is 9.98. The van der Waals surface area contributed by atoms with Gasteiger partial charge in [-0.25, -0.2) is 4.39 Å². The van der Waals surface area contributed by atoms with E-state index in [-0.39, 0.29) is 17.7 Å². The Morgan fingerprint density at radius 2 is 1.85 bits per heavy atom. The number of carbonyl (C=O) groups is 1. The number of nitrogens with zero attached hydrogens (tertiary/aromatic N) is 2. The molecule has 0 radical (unpaired) electrons. The van der Waals surface area contributed by atoms with E-state index in [0.29, 0.717) is 6.54 Å². The summed E-state index contributed by atoms with van der Waals surface area (Å²) in [5.41, 5.74) is 0.803. The fourth-order valence-corrected chi connectivity index (χ4v) is 2.44. The molecule has 0 saturated carbocycles. The molecule has 1 aliphatic heterocycles. The number of likely N-dealkylation sites (N-methyl/N-ethyl adjacent to an activating group) is 1. The van der Waals surface area contributed by atoms with Crippen molar-refractivity contribution in [3.63, 3.8) is 0 Å². The van der Waals surface area contributed by atoms with Gasteiger partial charge in [-0.1, -0.05) is 12.1 Å². The predicted octanol–water partition coefficient (Wildman–Crippen LogP) is 1.33. The molecule has 1 atom stereocenters. The lowest BCUT2D eigenvalue weighted by Crippen LogP contribution is -2.46. The van der Waals surface area contributed by atoms with Crippen LogP contribution in [-0.4, -0.2) is 62.7 Å². The maximum Gasteiger partial charge on any atom is 0.314 e. The Kier molecular flexibility index (Phi) is 5.09. The second kappa shape index (κ2) is 6.81. The summed E-state index contributed by atoms with van der Waals surface area (Å²) in [4.78, 5) is 16.5. The van der Waals surface area contributed by atoms with Gasteiger partial charge in [0, 0.05) is 32.7 Å². The highest BCUT2D eigenvalue weighted by atomic mass is 19.1. The van der Waals surface area contributed by atoms with Crippen molar-refractivity contribution in [3.05, 3.63) is 35.6 Å². The van der Waals surface area contributed by atoms with E-state index in [9.17, 15) is 9.18 Å². The molecule has 1 aliphatic rings. The Bertz CT molecular complexity index is 442. The normalized spacial score (nSPS) is 18.8. The molecule has 0 amide bonds. The number of ether oxygens (including phenoxy) is 1. The molecule has 0 bridgehead atoms. The van der Waals surface area contributed by atoms with Gasteiger partial charge in [-0.2, -0.15) is 0 Å². The molecule has 0 aliphatic carbocycles. The number of hydrogen-bond donors (Lipinski definition) is 0. The van der Waals surface area contributed by atoms with Gasteiger partial charge in [-0.05, 0) is 24.7 Å². The van der Waals surface area contributed by atoms with Crippen molar-refractivity contribution in [1.29, 1.82) is 0 Å². The Hall–Kier alpha value is -1.46. The minimum absolute atomic E-state index is 0.268. The van der Waals surface area contributed by atoms with Crippen LogP contribution >= 0.6 is 0 Å². The summed E-state index contributed by atoms with van der Waals surface area (Å²) in [5, 5.41) is 0. The van der Waals surface area contributed by atoms with Crippen LogP contribution in [-0.2, 0) is 9.53 Å². The van der Waals surface area contributed by atoms with Crippen molar-refractivity contribution in [2.24, 2.45) is 0 Å². The molecule has 1 aromatic rings. The van der Waals surface area contributed by atoms with Crippen LogP contribution in [0.25, 0.3) is 0 Å². The van der Waals surface area contributed by atoms with Gasteiger partial charge in [0.05, 0.1) is 13.0 Å². The molecule has 0 aromatic heterocycles. The molecule has 20 heavy (non-hydrogen) atoms. The summed E-state index contributed by atoms with van der Waals surface area (Å²) in [6.07, 6.45) is 0. The number of rotatable bonds is 4. The minimum Gasteiger partial charge on any atom is -0.469 e. The van der Waals surface area contributed by atoms with E-state index >= 15 is 0 Å². The van der Waals surface area contributed by atoms with Gasteiger partial charge in [0.2, 0.25) is 0 Å². The fourth-order valence-electron chi connectivity index (χ4n) is 2.44. The highest BCUT2D eigenvalue weighted by Gasteiger charge is 2.25. The summed E-state index contributed by atoms with van der Waals surface area (Å²) in [7, 11) is 3.48. The largest absolute Gasteiger partial charge is 0.469 e. The molecule has 0 spiro atoms. The topological polar surface area (TPSA) is 32.8 Å². The molecule has 5 heteroatoms. The maximum absolute atomic E-state index is 13.0. The standard InChI is InChI=1S/C15H21FN2O2/c1-17-7-9-18(10-8-17)11-14(15(19)20-2)12-3-5-13(16)6-4-12/h3-6,14H,7-11H2,1-2H3. The average Bonchev–Trinajstić information content (AvgIpc) is 2.47.